The minimum absolute atomic E-state index is 0.108. The van der Waals surface area contributed by atoms with Crippen LogP contribution in [0.2, 0.25) is 0 Å². The highest BCUT2D eigenvalue weighted by Crippen LogP contribution is 2.22. The quantitative estimate of drug-likeness (QED) is 0.846. The number of carbonyl (C=O) groups excluding carboxylic acids is 1. The molecule has 2 heterocycles. The summed E-state index contributed by atoms with van der Waals surface area (Å²) in [7, 11) is 0. The zero-order valence-corrected chi connectivity index (χ0v) is 15.3. The number of likely N-dealkylation sites (tertiary alicyclic amines) is 1. The van der Waals surface area contributed by atoms with Crippen molar-refractivity contribution in [2.45, 2.75) is 38.8 Å². The van der Waals surface area contributed by atoms with Gasteiger partial charge < -0.3 is 9.73 Å². The Hall–Kier alpha value is -1.73. The van der Waals surface area contributed by atoms with E-state index in [1.807, 2.05) is 31.2 Å². The van der Waals surface area contributed by atoms with Crippen molar-refractivity contribution in [2.75, 3.05) is 13.1 Å². The zero-order chi connectivity index (χ0) is 16.9. The Morgan fingerprint density at radius 1 is 1.46 bits per heavy atom. The lowest BCUT2D eigenvalue weighted by atomic mass is 10.1. The topological polar surface area (TPSA) is 71.3 Å². The standard InChI is InChI=1S/C17H21BrN4O2/c1-2-15(23)19-14-7-4-8-22(10-14)11-16-20-21-17(24-16)12-5-3-6-13(18)9-12/h3,5-6,9,14H,2,4,7-8,10-11H2,1H3,(H,19,23). The van der Waals surface area contributed by atoms with Crippen LogP contribution in [0.1, 0.15) is 32.1 Å². The van der Waals surface area contributed by atoms with Crippen LogP contribution in [0.4, 0.5) is 0 Å². The molecule has 3 rings (SSSR count). The van der Waals surface area contributed by atoms with Crippen LogP contribution < -0.4 is 5.32 Å². The van der Waals surface area contributed by atoms with Gasteiger partial charge in [0.15, 0.2) is 0 Å². The van der Waals surface area contributed by atoms with E-state index < -0.39 is 0 Å². The Morgan fingerprint density at radius 3 is 3.12 bits per heavy atom. The van der Waals surface area contributed by atoms with Crippen molar-refractivity contribution in [1.29, 1.82) is 0 Å². The molecular formula is C17H21BrN4O2. The molecule has 0 bridgehead atoms. The normalized spacial score (nSPS) is 18.5. The maximum Gasteiger partial charge on any atom is 0.247 e. The number of benzene rings is 1. The van der Waals surface area contributed by atoms with E-state index in [9.17, 15) is 4.79 Å². The van der Waals surface area contributed by atoms with E-state index in [1.165, 1.54) is 0 Å². The number of amides is 1. The molecule has 1 N–H and O–H groups in total. The fourth-order valence-corrected chi connectivity index (χ4v) is 3.29. The third-order valence-corrected chi connectivity index (χ3v) is 4.58. The highest BCUT2D eigenvalue weighted by atomic mass is 79.9. The van der Waals surface area contributed by atoms with E-state index in [1.54, 1.807) is 0 Å². The van der Waals surface area contributed by atoms with E-state index in [-0.39, 0.29) is 11.9 Å². The van der Waals surface area contributed by atoms with Crippen LogP contribution in [0.3, 0.4) is 0 Å². The molecule has 1 aromatic heterocycles. The molecule has 1 unspecified atom stereocenters. The minimum Gasteiger partial charge on any atom is -0.419 e. The van der Waals surface area contributed by atoms with Crippen LogP contribution in [0.15, 0.2) is 33.2 Å². The van der Waals surface area contributed by atoms with Crippen molar-refractivity contribution in [3.8, 4) is 11.5 Å². The lowest BCUT2D eigenvalue weighted by Gasteiger charge is -2.32. The molecule has 0 aliphatic carbocycles. The van der Waals surface area contributed by atoms with Crippen molar-refractivity contribution in [1.82, 2.24) is 20.4 Å². The fraction of sp³-hybridized carbons (Fsp3) is 0.471. The van der Waals surface area contributed by atoms with Gasteiger partial charge in [0.2, 0.25) is 17.7 Å². The molecule has 0 spiro atoms. The lowest BCUT2D eigenvalue weighted by molar-refractivity contribution is -0.121. The van der Waals surface area contributed by atoms with Gasteiger partial charge in [0, 0.05) is 29.0 Å². The Morgan fingerprint density at radius 2 is 2.33 bits per heavy atom. The molecule has 1 aliphatic heterocycles. The summed E-state index contributed by atoms with van der Waals surface area (Å²) in [5, 5.41) is 11.4. The van der Waals surface area contributed by atoms with E-state index in [4.69, 9.17) is 4.42 Å². The van der Waals surface area contributed by atoms with Crippen LogP contribution >= 0.6 is 15.9 Å². The smallest absolute Gasteiger partial charge is 0.247 e. The summed E-state index contributed by atoms with van der Waals surface area (Å²) in [6, 6.07) is 8.00. The number of nitrogens with zero attached hydrogens (tertiary/aromatic N) is 3. The summed E-state index contributed by atoms with van der Waals surface area (Å²) in [5.74, 6) is 1.24. The van der Waals surface area contributed by atoms with Crippen LogP contribution in [0.5, 0.6) is 0 Å². The molecule has 1 saturated heterocycles. The molecule has 1 amide bonds. The Kier molecular flexibility index (Phi) is 5.63. The van der Waals surface area contributed by atoms with Crippen LogP contribution in [-0.2, 0) is 11.3 Å². The van der Waals surface area contributed by atoms with Gasteiger partial charge in [-0.2, -0.15) is 0 Å². The maximum atomic E-state index is 11.6. The molecule has 2 aromatic rings. The minimum atomic E-state index is 0.108. The molecule has 1 aliphatic rings. The average molecular weight is 393 g/mol. The van der Waals surface area contributed by atoms with Crippen molar-refractivity contribution in [3.63, 3.8) is 0 Å². The first-order chi connectivity index (χ1) is 11.6. The number of piperidine rings is 1. The summed E-state index contributed by atoms with van der Waals surface area (Å²) in [4.78, 5) is 13.8. The average Bonchev–Trinajstić information content (AvgIpc) is 3.03. The Labute approximate surface area is 149 Å². The predicted octanol–water partition coefficient (Wildman–Crippen LogP) is 2.99. The molecule has 1 atom stereocenters. The van der Waals surface area contributed by atoms with Crippen LogP contribution in [-0.4, -0.2) is 40.1 Å². The molecule has 0 saturated carbocycles. The summed E-state index contributed by atoms with van der Waals surface area (Å²) in [5.41, 5.74) is 0.898. The number of hydrogen-bond donors (Lipinski definition) is 1. The van der Waals surface area contributed by atoms with Crippen molar-refractivity contribution < 1.29 is 9.21 Å². The van der Waals surface area contributed by atoms with Gasteiger partial charge in [0.1, 0.15) is 0 Å². The van der Waals surface area contributed by atoms with E-state index in [0.29, 0.717) is 24.7 Å². The number of halogens is 1. The molecule has 24 heavy (non-hydrogen) atoms. The van der Waals surface area contributed by atoms with Crippen LogP contribution in [0, 0.1) is 0 Å². The molecule has 128 valence electrons. The van der Waals surface area contributed by atoms with Gasteiger partial charge in [0.05, 0.1) is 6.54 Å². The van der Waals surface area contributed by atoms with Gasteiger partial charge in [-0.25, -0.2) is 0 Å². The Bertz CT molecular complexity index is 703. The molecule has 1 aromatic carbocycles. The molecule has 1 fully saturated rings. The van der Waals surface area contributed by atoms with Gasteiger partial charge in [-0.15, -0.1) is 10.2 Å². The lowest BCUT2D eigenvalue weighted by Crippen LogP contribution is -2.47. The van der Waals surface area contributed by atoms with Gasteiger partial charge in [-0.05, 0) is 37.6 Å². The summed E-state index contributed by atoms with van der Waals surface area (Å²) in [6.45, 7) is 4.28. The zero-order valence-electron chi connectivity index (χ0n) is 13.7. The third-order valence-electron chi connectivity index (χ3n) is 4.09. The van der Waals surface area contributed by atoms with Crippen molar-refractivity contribution in [2.24, 2.45) is 0 Å². The van der Waals surface area contributed by atoms with Gasteiger partial charge in [-0.1, -0.05) is 28.9 Å². The highest BCUT2D eigenvalue weighted by molar-refractivity contribution is 9.10. The van der Waals surface area contributed by atoms with Gasteiger partial charge in [0.25, 0.3) is 0 Å². The second kappa shape index (κ2) is 7.90. The maximum absolute atomic E-state index is 11.6. The Balaban J connectivity index is 1.61. The highest BCUT2D eigenvalue weighted by Gasteiger charge is 2.22. The second-order valence-corrected chi connectivity index (χ2v) is 6.92. The molecule has 7 heteroatoms. The predicted molar refractivity (Wildman–Crippen MR) is 94.2 cm³/mol. The van der Waals surface area contributed by atoms with E-state index >= 15 is 0 Å². The molecule has 6 nitrogen and oxygen atoms in total. The number of carbonyl (C=O) groups is 1. The van der Waals surface area contributed by atoms with Gasteiger partial charge in [-0.3, -0.25) is 9.69 Å². The summed E-state index contributed by atoms with van der Waals surface area (Å²) < 4.78 is 6.77. The second-order valence-electron chi connectivity index (χ2n) is 6.01. The number of aromatic nitrogens is 2. The van der Waals surface area contributed by atoms with Crippen LogP contribution in [0.25, 0.3) is 11.5 Å². The van der Waals surface area contributed by atoms with E-state index in [0.717, 1.165) is 36.0 Å². The van der Waals surface area contributed by atoms with E-state index in [2.05, 4.69) is 36.3 Å². The first kappa shape index (κ1) is 17.1. The van der Waals surface area contributed by atoms with Crippen molar-refractivity contribution >= 4 is 21.8 Å². The summed E-state index contributed by atoms with van der Waals surface area (Å²) in [6.07, 6.45) is 2.60. The largest absolute Gasteiger partial charge is 0.419 e. The van der Waals surface area contributed by atoms with Gasteiger partial charge >= 0.3 is 0 Å². The number of hydrogen-bond acceptors (Lipinski definition) is 5. The number of nitrogens with one attached hydrogen (secondary N) is 1. The first-order valence-corrected chi connectivity index (χ1v) is 9.03. The SMILES string of the molecule is CCC(=O)NC1CCCN(Cc2nnc(-c3cccc(Br)c3)o2)C1. The molecular weight excluding hydrogens is 372 g/mol. The summed E-state index contributed by atoms with van der Waals surface area (Å²) >= 11 is 3.45. The van der Waals surface area contributed by atoms with Crippen molar-refractivity contribution in [3.05, 3.63) is 34.6 Å². The third kappa shape index (κ3) is 4.42. The number of rotatable bonds is 5. The molecule has 0 radical (unpaired) electrons. The monoisotopic (exact) mass is 392 g/mol. The first-order valence-electron chi connectivity index (χ1n) is 8.24. The fourth-order valence-electron chi connectivity index (χ4n) is 2.89.